The number of para-hydroxylation sites is 1. The lowest BCUT2D eigenvalue weighted by Gasteiger charge is -2.12. The zero-order valence-electron chi connectivity index (χ0n) is 17.5. The van der Waals surface area contributed by atoms with E-state index in [4.69, 9.17) is 11.6 Å². The molecule has 5 rings (SSSR count). The third kappa shape index (κ3) is 3.98. The molecule has 2 aromatic heterocycles. The van der Waals surface area contributed by atoms with E-state index in [1.54, 1.807) is 60.7 Å². The summed E-state index contributed by atoms with van der Waals surface area (Å²) in [4.78, 5) is 42.5. The van der Waals surface area contributed by atoms with Gasteiger partial charge in [0.25, 0.3) is 17.4 Å². The topological polar surface area (TPSA) is 117 Å². The Bertz CT molecular complexity index is 1630. The second-order valence-electron chi connectivity index (χ2n) is 7.43. The van der Waals surface area contributed by atoms with E-state index in [9.17, 15) is 14.4 Å². The Morgan fingerprint density at radius 3 is 2.21 bits per heavy atom. The highest BCUT2D eigenvalue weighted by atomic mass is 35.5. The normalized spacial score (nSPS) is 10.9. The average Bonchev–Trinajstić information content (AvgIpc) is 2.87. The number of rotatable bonds is 3. The summed E-state index contributed by atoms with van der Waals surface area (Å²) in [5.74, 6) is -1.20. The van der Waals surface area contributed by atoms with E-state index in [0.29, 0.717) is 38.0 Å². The Balaban J connectivity index is 1.46. The van der Waals surface area contributed by atoms with Crippen molar-refractivity contribution in [2.45, 2.75) is 0 Å². The lowest BCUT2D eigenvalue weighted by atomic mass is 10.0. The van der Waals surface area contributed by atoms with Gasteiger partial charge in [0.15, 0.2) is 5.69 Å². The monoisotopic (exact) mass is 469 g/mol. The van der Waals surface area contributed by atoms with E-state index in [1.807, 2.05) is 18.2 Å². The molecule has 2 amide bonds. The molecule has 0 spiro atoms. The number of H-pyrrole nitrogens is 1. The molecule has 0 aliphatic heterocycles. The number of aromatic nitrogens is 3. The number of carbonyl (C=O) groups excluding carboxylic acids is 2. The fraction of sp³-hybridized carbons (Fsp3) is 0. The molecule has 0 fully saturated rings. The van der Waals surface area contributed by atoms with Crippen molar-refractivity contribution in [2.24, 2.45) is 0 Å². The molecule has 5 aromatic rings. The number of hydrazine groups is 1. The Morgan fingerprint density at radius 2 is 1.44 bits per heavy atom. The Labute approximate surface area is 197 Å². The number of hydrogen-bond donors (Lipinski definition) is 3. The third-order valence-electron chi connectivity index (χ3n) is 5.30. The van der Waals surface area contributed by atoms with E-state index in [2.05, 4.69) is 26.0 Å². The molecule has 2 heterocycles. The summed E-state index contributed by atoms with van der Waals surface area (Å²) in [5.41, 5.74) is 6.72. The first kappa shape index (κ1) is 21.3. The van der Waals surface area contributed by atoms with Gasteiger partial charge in [-0.1, -0.05) is 60.1 Å². The van der Waals surface area contributed by atoms with Crippen molar-refractivity contribution < 1.29 is 9.59 Å². The van der Waals surface area contributed by atoms with Gasteiger partial charge >= 0.3 is 0 Å². The summed E-state index contributed by atoms with van der Waals surface area (Å²) in [5, 5.41) is 8.06. The molecular formula is C25H16ClN5O3. The summed E-state index contributed by atoms with van der Waals surface area (Å²) in [7, 11) is 0. The number of benzene rings is 3. The highest BCUT2D eigenvalue weighted by Crippen LogP contribution is 2.26. The minimum atomic E-state index is -0.669. The van der Waals surface area contributed by atoms with E-state index in [1.165, 1.54) is 0 Å². The Hall–Kier alpha value is -4.56. The molecule has 0 unspecified atom stereocenters. The minimum absolute atomic E-state index is 0.0167. The number of pyridine rings is 1. The molecule has 3 aromatic carbocycles. The van der Waals surface area contributed by atoms with Gasteiger partial charge in [-0.25, -0.2) is 10.1 Å². The number of carbonyl (C=O) groups is 2. The second kappa shape index (κ2) is 8.76. The maximum Gasteiger partial charge on any atom is 0.290 e. The number of amides is 2. The zero-order chi connectivity index (χ0) is 23.7. The van der Waals surface area contributed by atoms with Crippen LogP contribution in [0.15, 0.2) is 83.7 Å². The van der Waals surface area contributed by atoms with Gasteiger partial charge in [0.2, 0.25) is 0 Å². The van der Waals surface area contributed by atoms with Crippen LogP contribution in [0.5, 0.6) is 0 Å². The lowest BCUT2D eigenvalue weighted by molar-refractivity contribution is 0.0845. The van der Waals surface area contributed by atoms with Crippen LogP contribution in [0.4, 0.5) is 0 Å². The van der Waals surface area contributed by atoms with Crippen molar-refractivity contribution in [3.05, 3.63) is 105 Å². The standard InChI is InChI=1S/C25H16ClN5O3/c26-15-11-9-14(10-12-15)21-13-19(16-5-3-4-8-20(16)27-21)24(33)30-31-25(34)22-17-6-1-2-7-18(17)23(32)29-28-22/h1-13H,(H,29,32)(H,30,33)(H,31,34). The average molecular weight is 470 g/mol. The lowest BCUT2D eigenvalue weighted by Crippen LogP contribution is -2.42. The van der Waals surface area contributed by atoms with Crippen molar-refractivity contribution in [3.63, 3.8) is 0 Å². The van der Waals surface area contributed by atoms with Crippen molar-refractivity contribution in [2.75, 3.05) is 0 Å². The van der Waals surface area contributed by atoms with E-state index < -0.39 is 17.4 Å². The van der Waals surface area contributed by atoms with Crippen molar-refractivity contribution in [3.8, 4) is 11.3 Å². The van der Waals surface area contributed by atoms with Gasteiger partial charge in [0.1, 0.15) is 0 Å². The predicted molar refractivity (Wildman–Crippen MR) is 129 cm³/mol. The number of fused-ring (bicyclic) bond motifs is 2. The molecule has 0 saturated heterocycles. The van der Waals surface area contributed by atoms with E-state index >= 15 is 0 Å². The Morgan fingerprint density at radius 1 is 0.794 bits per heavy atom. The van der Waals surface area contributed by atoms with Crippen LogP contribution in [0.3, 0.4) is 0 Å². The third-order valence-corrected chi connectivity index (χ3v) is 5.55. The maximum absolute atomic E-state index is 13.1. The van der Waals surface area contributed by atoms with Gasteiger partial charge in [0.05, 0.1) is 22.2 Å². The van der Waals surface area contributed by atoms with Gasteiger partial charge < -0.3 is 0 Å². The molecule has 0 aliphatic carbocycles. The molecule has 0 bridgehead atoms. The van der Waals surface area contributed by atoms with E-state index in [0.717, 1.165) is 5.56 Å². The first-order valence-corrected chi connectivity index (χ1v) is 10.6. The van der Waals surface area contributed by atoms with Crippen LogP contribution in [0, 0.1) is 0 Å². The summed E-state index contributed by atoms with van der Waals surface area (Å²) in [6.07, 6.45) is 0. The van der Waals surface area contributed by atoms with Crippen LogP contribution in [-0.4, -0.2) is 27.0 Å². The zero-order valence-corrected chi connectivity index (χ0v) is 18.3. The van der Waals surface area contributed by atoms with Crippen molar-refractivity contribution in [1.29, 1.82) is 0 Å². The van der Waals surface area contributed by atoms with E-state index in [-0.39, 0.29) is 5.69 Å². The SMILES string of the molecule is O=C(NNC(=O)c1n[nH]c(=O)c2ccccc12)c1cc(-c2ccc(Cl)cc2)nc2ccccc12. The fourth-order valence-electron chi connectivity index (χ4n) is 3.66. The van der Waals surface area contributed by atoms with Gasteiger partial charge in [0, 0.05) is 21.4 Å². The molecule has 166 valence electrons. The van der Waals surface area contributed by atoms with Crippen LogP contribution >= 0.6 is 11.6 Å². The number of nitrogens with zero attached hydrogens (tertiary/aromatic N) is 2. The molecule has 9 heteroatoms. The molecule has 8 nitrogen and oxygen atoms in total. The van der Waals surface area contributed by atoms with Crippen LogP contribution in [0.25, 0.3) is 32.9 Å². The van der Waals surface area contributed by atoms with Crippen LogP contribution in [-0.2, 0) is 0 Å². The summed E-state index contributed by atoms with van der Waals surface area (Å²) in [6.45, 7) is 0. The van der Waals surface area contributed by atoms with Crippen molar-refractivity contribution >= 4 is 45.1 Å². The predicted octanol–water partition coefficient (Wildman–Crippen LogP) is 3.87. The first-order chi connectivity index (χ1) is 16.5. The number of halogens is 1. The molecular weight excluding hydrogens is 454 g/mol. The number of aromatic amines is 1. The summed E-state index contributed by atoms with van der Waals surface area (Å²) in [6, 6.07) is 22.6. The quantitative estimate of drug-likeness (QED) is 0.347. The van der Waals surface area contributed by atoms with Gasteiger partial charge in [-0.3, -0.25) is 25.2 Å². The van der Waals surface area contributed by atoms with Crippen LogP contribution in [0.2, 0.25) is 5.02 Å². The molecule has 34 heavy (non-hydrogen) atoms. The highest BCUT2D eigenvalue weighted by molar-refractivity contribution is 6.30. The first-order valence-electron chi connectivity index (χ1n) is 10.2. The van der Waals surface area contributed by atoms with Gasteiger partial charge in [-0.15, -0.1) is 0 Å². The molecule has 0 aliphatic rings. The highest BCUT2D eigenvalue weighted by Gasteiger charge is 2.17. The second-order valence-corrected chi connectivity index (χ2v) is 7.87. The Kier molecular flexibility index (Phi) is 5.49. The minimum Gasteiger partial charge on any atom is -0.267 e. The van der Waals surface area contributed by atoms with Gasteiger partial charge in [-0.2, -0.15) is 5.10 Å². The van der Waals surface area contributed by atoms with Crippen LogP contribution < -0.4 is 16.4 Å². The van der Waals surface area contributed by atoms with Crippen molar-refractivity contribution in [1.82, 2.24) is 26.0 Å². The van der Waals surface area contributed by atoms with Gasteiger partial charge in [-0.05, 0) is 30.3 Å². The molecule has 0 atom stereocenters. The number of nitrogens with one attached hydrogen (secondary N) is 3. The molecule has 0 saturated carbocycles. The number of hydrogen-bond acceptors (Lipinski definition) is 5. The van der Waals surface area contributed by atoms with Crippen LogP contribution in [0.1, 0.15) is 20.8 Å². The largest absolute Gasteiger partial charge is 0.290 e. The molecule has 3 N–H and O–H groups in total. The smallest absolute Gasteiger partial charge is 0.267 e. The molecule has 0 radical (unpaired) electrons. The summed E-state index contributed by atoms with van der Waals surface area (Å²) < 4.78 is 0. The summed E-state index contributed by atoms with van der Waals surface area (Å²) >= 11 is 5.99. The maximum atomic E-state index is 13.1. The fourth-order valence-corrected chi connectivity index (χ4v) is 3.79.